The molecule has 0 saturated carbocycles. The van der Waals surface area contributed by atoms with Crippen LogP contribution in [0.4, 0.5) is 0 Å². The molecule has 0 aliphatic heterocycles. The summed E-state index contributed by atoms with van der Waals surface area (Å²) in [7, 11) is 0. The van der Waals surface area contributed by atoms with Crippen molar-refractivity contribution in [3.8, 4) is 5.75 Å². The van der Waals surface area contributed by atoms with E-state index in [0.29, 0.717) is 6.61 Å². The zero-order chi connectivity index (χ0) is 17.2. The molecule has 0 amide bonds. The van der Waals surface area contributed by atoms with Gasteiger partial charge in [0.05, 0.1) is 0 Å². The van der Waals surface area contributed by atoms with Crippen LogP contribution in [0.15, 0.2) is 48.5 Å². The number of hydrogen-bond acceptors (Lipinski definition) is 3. The molecule has 24 heavy (non-hydrogen) atoms. The largest absolute Gasteiger partial charge is 0.489 e. The van der Waals surface area contributed by atoms with Crippen molar-refractivity contribution >= 4 is 0 Å². The Morgan fingerprint density at radius 3 is 2.38 bits per heavy atom. The number of nitrogens with zero attached hydrogens (tertiary/aromatic N) is 1. The van der Waals surface area contributed by atoms with Gasteiger partial charge in [0, 0.05) is 25.2 Å². The predicted octanol–water partition coefficient (Wildman–Crippen LogP) is 4.01. The van der Waals surface area contributed by atoms with Crippen LogP contribution in [0.3, 0.4) is 0 Å². The van der Waals surface area contributed by atoms with E-state index >= 15 is 0 Å². The van der Waals surface area contributed by atoms with E-state index in [1.807, 2.05) is 6.07 Å². The van der Waals surface area contributed by atoms with Crippen LogP contribution in [0.2, 0.25) is 0 Å². The third-order valence-corrected chi connectivity index (χ3v) is 4.30. The first kappa shape index (κ1) is 18.5. The maximum atomic E-state index is 6.03. The van der Waals surface area contributed by atoms with Crippen LogP contribution in [0.25, 0.3) is 0 Å². The SMILES string of the molecule is CCN(CC)CCNCc1ccccc1OCc1ccc(C)cc1. The van der Waals surface area contributed by atoms with Crippen LogP contribution in [-0.4, -0.2) is 31.1 Å². The molecule has 0 atom stereocenters. The second-order valence-corrected chi connectivity index (χ2v) is 6.09. The van der Waals surface area contributed by atoms with Crippen LogP contribution in [-0.2, 0) is 13.2 Å². The highest BCUT2D eigenvalue weighted by Gasteiger charge is 2.04. The summed E-state index contributed by atoms with van der Waals surface area (Å²) in [6.45, 7) is 12.2. The summed E-state index contributed by atoms with van der Waals surface area (Å²) in [5.41, 5.74) is 3.69. The summed E-state index contributed by atoms with van der Waals surface area (Å²) in [6, 6.07) is 16.8. The van der Waals surface area contributed by atoms with E-state index < -0.39 is 0 Å². The molecule has 1 N–H and O–H groups in total. The number of nitrogens with one attached hydrogen (secondary N) is 1. The Balaban J connectivity index is 1.84. The van der Waals surface area contributed by atoms with Crippen molar-refractivity contribution in [1.29, 1.82) is 0 Å². The van der Waals surface area contributed by atoms with E-state index in [2.05, 4.69) is 73.5 Å². The van der Waals surface area contributed by atoms with Gasteiger partial charge in [-0.3, -0.25) is 0 Å². The van der Waals surface area contributed by atoms with Gasteiger partial charge < -0.3 is 15.0 Å². The second-order valence-electron chi connectivity index (χ2n) is 6.09. The van der Waals surface area contributed by atoms with Crippen molar-refractivity contribution in [1.82, 2.24) is 10.2 Å². The third-order valence-electron chi connectivity index (χ3n) is 4.30. The molecule has 130 valence electrons. The maximum absolute atomic E-state index is 6.03. The van der Waals surface area contributed by atoms with Gasteiger partial charge in [0.25, 0.3) is 0 Å². The molecule has 2 aromatic rings. The van der Waals surface area contributed by atoms with Crippen LogP contribution in [0.5, 0.6) is 5.75 Å². The zero-order valence-corrected chi connectivity index (χ0v) is 15.2. The van der Waals surface area contributed by atoms with E-state index in [9.17, 15) is 0 Å². The normalized spacial score (nSPS) is 11.0. The highest BCUT2D eigenvalue weighted by Crippen LogP contribution is 2.19. The molecule has 0 unspecified atom stereocenters. The number of hydrogen-bond donors (Lipinski definition) is 1. The Bertz CT molecular complexity index is 591. The zero-order valence-electron chi connectivity index (χ0n) is 15.2. The number of aryl methyl sites for hydroxylation is 1. The summed E-state index contributed by atoms with van der Waals surface area (Å²) < 4.78 is 6.03. The monoisotopic (exact) mass is 326 g/mol. The van der Waals surface area contributed by atoms with Crippen molar-refractivity contribution < 1.29 is 4.74 Å². The molecule has 0 radical (unpaired) electrons. The van der Waals surface area contributed by atoms with Gasteiger partial charge in [0.15, 0.2) is 0 Å². The third kappa shape index (κ3) is 5.99. The Kier molecular flexibility index (Phi) is 7.80. The summed E-state index contributed by atoms with van der Waals surface area (Å²) in [6.07, 6.45) is 0. The van der Waals surface area contributed by atoms with E-state index in [-0.39, 0.29) is 0 Å². The van der Waals surface area contributed by atoms with Crippen molar-refractivity contribution in [2.24, 2.45) is 0 Å². The van der Waals surface area contributed by atoms with Crippen LogP contribution >= 0.6 is 0 Å². The number of benzene rings is 2. The number of rotatable bonds is 10. The lowest BCUT2D eigenvalue weighted by molar-refractivity contribution is 0.296. The molecular formula is C21H30N2O. The van der Waals surface area contributed by atoms with Gasteiger partial charge in [-0.1, -0.05) is 61.9 Å². The van der Waals surface area contributed by atoms with E-state index in [0.717, 1.165) is 38.5 Å². The first-order valence-electron chi connectivity index (χ1n) is 8.92. The van der Waals surface area contributed by atoms with Crippen molar-refractivity contribution in [3.63, 3.8) is 0 Å². The first-order valence-corrected chi connectivity index (χ1v) is 8.92. The van der Waals surface area contributed by atoms with Gasteiger partial charge in [-0.15, -0.1) is 0 Å². The second kappa shape index (κ2) is 10.1. The molecule has 0 spiro atoms. The van der Waals surface area contributed by atoms with Crippen LogP contribution in [0.1, 0.15) is 30.5 Å². The van der Waals surface area contributed by atoms with Gasteiger partial charge in [-0.05, 0) is 31.6 Å². The summed E-state index contributed by atoms with van der Waals surface area (Å²) in [4.78, 5) is 2.42. The molecule has 3 nitrogen and oxygen atoms in total. The molecule has 0 aliphatic carbocycles. The molecule has 0 aromatic heterocycles. The van der Waals surface area contributed by atoms with E-state index in [1.54, 1.807) is 0 Å². The fourth-order valence-electron chi connectivity index (χ4n) is 2.64. The lowest BCUT2D eigenvalue weighted by Gasteiger charge is -2.18. The molecule has 0 aliphatic rings. The predicted molar refractivity (Wildman–Crippen MR) is 101 cm³/mol. The average Bonchev–Trinajstić information content (AvgIpc) is 2.62. The highest BCUT2D eigenvalue weighted by atomic mass is 16.5. The molecule has 3 heteroatoms. The average molecular weight is 326 g/mol. The Morgan fingerprint density at radius 2 is 1.67 bits per heavy atom. The highest BCUT2D eigenvalue weighted by molar-refractivity contribution is 5.33. The standard InChI is InChI=1S/C21H30N2O/c1-4-23(5-2)15-14-22-16-20-8-6-7-9-21(20)24-17-19-12-10-18(3)11-13-19/h6-13,22H,4-5,14-17H2,1-3H3. The number of para-hydroxylation sites is 1. The number of ether oxygens (including phenoxy) is 1. The summed E-state index contributed by atoms with van der Waals surface area (Å²) in [5.74, 6) is 0.966. The Labute approximate surface area is 146 Å². The van der Waals surface area contributed by atoms with Gasteiger partial charge >= 0.3 is 0 Å². The quantitative estimate of drug-likeness (QED) is 0.668. The van der Waals surface area contributed by atoms with Gasteiger partial charge in [-0.2, -0.15) is 0 Å². The minimum absolute atomic E-state index is 0.608. The van der Waals surface area contributed by atoms with Crippen LogP contribution < -0.4 is 10.1 Å². The van der Waals surface area contributed by atoms with Crippen molar-refractivity contribution in [2.45, 2.75) is 33.9 Å². The molecule has 2 aromatic carbocycles. The first-order chi connectivity index (χ1) is 11.7. The lowest BCUT2D eigenvalue weighted by atomic mass is 10.1. The van der Waals surface area contributed by atoms with Gasteiger partial charge in [0.2, 0.25) is 0 Å². The maximum Gasteiger partial charge on any atom is 0.124 e. The van der Waals surface area contributed by atoms with Crippen molar-refractivity contribution in [3.05, 3.63) is 65.2 Å². The van der Waals surface area contributed by atoms with Gasteiger partial charge in [0.1, 0.15) is 12.4 Å². The Hall–Kier alpha value is -1.84. The van der Waals surface area contributed by atoms with E-state index in [4.69, 9.17) is 4.74 Å². The summed E-state index contributed by atoms with van der Waals surface area (Å²) >= 11 is 0. The van der Waals surface area contributed by atoms with E-state index in [1.165, 1.54) is 16.7 Å². The minimum atomic E-state index is 0.608. The minimum Gasteiger partial charge on any atom is -0.489 e. The van der Waals surface area contributed by atoms with Crippen molar-refractivity contribution in [2.75, 3.05) is 26.2 Å². The molecular weight excluding hydrogens is 296 g/mol. The lowest BCUT2D eigenvalue weighted by Crippen LogP contribution is -2.31. The summed E-state index contributed by atoms with van der Waals surface area (Å²) in [5, 5.41) is 3.53. The Morgan fingerprint density at radius 1 is 0.958 bits per heavy atom. The molecule has 2 rings (SSSR count). The van der Waals surface area contributed by atoms with Gasteiger partial charge in [-0.25, -0.2) is 0 Å². The molecule has 0 bridgehead atoms. The molecule has 0 fully saturated rings. The smallest absolute Gasteiger partial charge is 0.124 e. The fraction of sp³-hybridized carbons (Fsp3) is 0.429. The van der Waals surface area contributed by atoms with Crippen LogP contribution in [0, 0.1) is 6.92 Å². The molecule has 0 heterocycles. The fourth-order valence-corrected chi connectivity index (χ4v) is 2.64. The molecule has 0 saturated heterocycles. The topological polar surface area (TPSA) is 24.5 Å². The number of likely N-dealkylation sites (N-methyl/N-ethyl adjacent to an activating group) is 1.